The maximum absolute atomic E-state index is 12.8. The standard InChI is InChI=1S/C16H23N3O3S/c1-5-18-13(20)12-10-23-16(19-12,11-7-6-8-17-9-11)14(21)22-15(2,3)4/h6-9,12,19H,5,10H2,1-4H3,(H,18,20). The summed E-state index contributed by atoms with van der Waals surface area (Å²) in [5.74, 6) is -0.0379. The van der Waals surface area contributed by atoms with Crippen LogP contribution in [-0.2, 0) is 19.2 Å². The van der Waals surface area contributed by atoms with Gasteiger partial charge in [0.2, 0.25) is 5.91 Å². The minimum absolute atomic E-state index is 0.116. The summed E-state index contributed by atoms with van der Waals surface area (Å²) in [6, 6.07) is 3.13. The largest absolute Gasteiger partial charge is 0.458 e. The molecular formula is C16H23N3O3S. The summed E-state index contributed by atoms with van der Waals surface area (Å²) < 4.78 is 5.59. The van der Waals surface area contributed by atoms with Crippen LogP contribution in [-0.4, -0.2) is 40.8 Å². The fourth-order valence-corrected chi connectivity index (χ4v) is 3.62. The number of thioether (sulfide) groups is 1. The molecule has 1 fully saturated rings. The second-order valence-corrected chi connectivity index (χ2v) is 7.56. The van der Waals surface area contributed by atoms with Crippen molar-refractivity contribution in [1.82, 2.24) is 15.6 Å². The van der Waals surface area contributed by atoms with Crippen LogP contribution in [0.1, 0.15) is 33.3 Å². The number of rotatable bonds is 4. The molecule has 2 N–H and O–H groups in total. The zero-order valence-corrected chi connectivity index (χ0v) is 14.7. The van der Waals surface area contributed by atoms with Crippen molar-refractivity contribution in [1.29, 1.82) is 0 Å². The smallest absolute Gasteiger partial charge is 0.342 e. The lowest BCUT2D eigenvalue weighted by atomic mass is 10.1. The maximum atomic E-state index is 12.8. The van der Waals surface area contributed by atoms with Gasteiger partial charge in [-0.15, -0.1) is 11.8 Å². The Hall–Kier alpha value is -1.60. The van der Waals surface area contributed by atoms with Crippen molar-refractivity contribution in [2.45, 2.75) is 44.2 Å². The van der Waals surface area contributed by atoms with Crippen LogP contribution in [0.5, 0.6) is 0 Å². The summed E-state index contributed by atoms with van der Waals surface area (Å²) in [5.41, 5.74) is 0.0734. The fraction of sp³-hybridized carbons (Fsp3) is 0.562. The fourth-order valence-electron chi connectivity index (χ4n) is 2.30. The lowest BCUT2D eigenvalue weighted by Gasteiger charge is -2.31. The highest BCUT2D eigenvalue weighted by molar-refractivity contribution is 8.01. The van der Waals surface area contributed by atoms with Crippen LogP contribution in [0.4, 0.5) is 0 Å². The Labute approximate surface area is 140 Å². The van der Waals surface area contributed by atoms with Crippen LogP contribution in [0.2, 0.25) is 0 Å². The lowest BCUT2D eigenvalue weighted by Crippen LogP contribution is -2.52. The van der Waals surface area contributed by atoms with E-state index < -0.39 is 22.5 Å². The third-order valence-corrected chi connectivity index (χ3v) is 4.72. The summed E-state index contributed by atoms with van der Waals surface area (Å²) in [6.07, 6.45) is 3.28. The van der Waals surface area contributed by atoms with E-state index in [1.165, 1.54) is 11.8 Å². The van der Waals surface area contributed by atoms with Crippen molar-refractivity contribution in [2.75, 3.05) is 12.3 Å². The van der Waals surface area contributed by atoms with Crippen molar-refractivity contribution in [3.05, 3.63) is 30.1 Å². The predicted octanol–water partition coefficient (Wildman–Crippen LogP) is 1.42. The molecule has 2 unspecified atom stereocenters. The quantitative estimate of drug-likeness (QED) is 0.809. The molecule has 23 heavy (non-hydrogen) atoms. The van der Waals surface area contributed by atoms with Gasteiger partial charge in [-0.05, 0) is 33.8 Å². The molecular weight excluding hydrogens is 314 g/mol. The number of ether oxygens (including phenoxy) is 1. The molecule has 0 radical (unpaired) electrons. The molecule has 1 aliphatic heterocycles. The van der Waals surface area contributed by atoms with E-state index in [0.717, 1.165) is 0 Å². The summed E-state index contributed by atoms with van der Waals surface area (Å²) in [5, 5.41) is 5.95. The number of nitrogens with zero attached hydrogens (tertiary/aromatic N) is 1. The van der Waals surface area contributed by atoms with Gasteiger partial charge in [0.25, 0.3) is 0 Å². The molecule has 126 valence electrons. The molecule has 1 saturated heterocycles. The van der Waals surface area contributed by atoms with Gasteiger partial charge in [-0.1, -0.05) is 6.07 Å². The number of pyridine rings is 1. The van der Waals surface area contributed by atoms with E-state index >= 15 is 0 Å². The maximum Gasteiger partial charge on any atom is 0.342 e. The topological polar surface area (TPSA) is 80.3 Å². The number of likely N-dealkylation sites (N-methyl/N-ethyl adjacent to an activating group) is 1. The van der Waals surface area contributed by atoms with Crippen LogP contribution in [0.3, 0.4) is 0 Å². The van der Waals surface area contributed by atoms with E-state index in [-0.39, 0.29) is 5.91 Å². The third kappa shape index (κ3) is 4.03. The number of amides is 1. The first-order valence-electron chi connectivity index (χ1n) is 7.62. The molecule has 1 amide bonds. The second kappa shape index (κ2) is 6.88. The Balaban J connectivity index is 2.31. The Bertz CT molecular complexity index is 574. The minimum Gasteiger partial charge on any atom is -0.458 e. The molecule has 0 bridgehead atoms. The van der Waals surface area contributed by atoms with Crippen molar-refractivity contribution in [2.24, 2.45) is 0 Å². The number of esters is 1. The van der Waals surface area contributed by atoms with Crippen LogP contribution in [0, 0.1) is 0 Å². The number of nitrogens with one attached hydrogen (secondary N) is 2. The molecule has 7 heteroatoms. The highest BCUT2D eigenvalue weighted by Crippen LogP contribution is 2.41. The van der Waals surface area contributed by atoms with E-state index in [2.05, 4.69) is 15.6 Å². The molecule has 0 spiro atoms. The average Bonchev–Trinajstić information content (AvgIpc) is 2.93. The molecule has 1 aromatic rings. The van der Waals surface area contributed by atoms with Crippen LogP contribution >= 0.6 is 11.8 Å². The lowest BCUT2D eigenvalue weighted by molar-refractivity contribution is -0.159. The number of carbonyl (C=O) groups excluding carboxylic acids is 2. The van der Waals surface area contributed by atoms with Crippen LogP contribution < -0.4 is 10.6 Å². The zero-order valence-electron chi connectivity index (χ0n) is 13.9. The van der Waals surface area contributed by atoms with Crippen molar-refractivity contribution in [3.63, 3.8) is 0 Å². The van der Waals surface area contributed by atoms with E-state index in [1.54, 1.807) is 18.5 Å². The van der Waals surface area contributed by atoms with E-state index in [0.29, 0.717) is 17.9 Å². The summed E-state index contributed by atoms with van der Waals surface area (Å²) in [4.78, 5) is 27.9. The van der Waals surface area contributed by atoms with E-state index in [1.807, 2.05) is 33.8 Å². The first-order chi connectivity index (χ1) is 10.8. The predicted molar refractivity (Wildman–Crippen MR) is 89.8 cm³/mol. The van der Waals surface area contributed by atoms with Gasteiger partial charge in [0.05, 0.1) is 6.04 Å². The molecule has 2 atom stereocenters. The van der Waals surface area contributed by atoms with Crippen LogP contribution in [0.15, 0.2) is 24.5 Å². The summed E-state index contributed by atoms with van der Waals surface area (Å²) in [6.45, 7) is 7.88. The molecule has 1 aliphatic rings. The minimum atomic E-state index is -1.11. The monoisotopic (exact) mass is 337 g/mol. The Kier molecular flexibility index (Phi) is 5.31. The van der Waals surface area contributed by atoms with Gasteiger partial charge in [0, 0.05) is 30.3 Å². The molecule has 2 heterocycles. The van der Waals surface area contributed by atoms with Crippen LogP contribution in [0.25, 0.3) is 0 Å². The highest BCUT2D eigenvalue weighted by Gasteiger charge is 2.51. The van der Waals surface area contributed by atoms with Crippen molar-refractivity contribution >= 4 is 23.6 Å². The summed E-state index contributed by atoms with van der Waals surface area (Å²) >= 11 is 1.37. The van der Waals surface area contributed by atoms with Gasteiger partial charge in [-0.25, -0.2) is 4.79 Å². The van der Waals surface area contributed by atoms with Crippen molar-refractivity contribution in [3.8, 4) is 0 Å². The summed E-state index contributed by atoms with van der Waals surface area (Å²) in [7, 11) is 0. The number of aromatic nitrogens is 1. The SMILES string of the molecule is CCNC(=O)C1CSC(C(=O)OC(C)(C)C)(c2cccnc2)N1. The van der Waals surface area contributed by atoms with E-state index in [9.17, 15) is 9.59 Å². The van der Waals surface area contributed by atoms with Gasteiger partial charge in [0.15, 0.2) is 4.87 Å². The second-order valence-electron chi connectivity index (χ2n) is 6.33. The molecule has 0 aromatic carbocycles. The van der Waals surface area contributed by atoms with Gasteiger partial charge in [-0.2, -0.15) is 0 Å². The molecule has 0 aliphatic carbocycles. The third-order valence-electron chi connectivity index (χ3n) is 3.27. The van der Waals surface area contributed by atoms with E-state index in [4.69, 9.17) is 4.74 Å². The zero-order chi connectivity index (χ0) is 17.1. The van der Waals surface area contributed by atoms with Gasteiger partial charge >= 0.3 is 5.97 Å². The van der Waals surface area contributed by atoms with Crippen molar-refractivity contribution < 1.29 is 14.3 Å². The first kappa shape index (κ1) is 17.7. The molecule has 2 rings (SSSR count). The number of hydrogen-bond acceptors (Lipinski definition) is 6. The van der Waals surface area contributed by atoms with Gasteiger partial charge < -0.3 is 10.1 Å². The normalized spacial score (nSPS) is 24.3. The van der Waals surface area contributed by atoms with Gasteiger partial charge in [-0.3, -0.25) is 15.1 Å². The average molecular weight is 337 g/mol. The molecule has 6 nitrogen and oxygen atoms in total. The number of carbonyl (C=O) groups is 2. The number of hydrogen-bond donors (Lipinski definition) is 2. The molecule has 0 saturated carbocycles. The van der Waals surface area contributed by atoms with Gasteiger partial charge in [0.1, 0.15) is 5.60 Å². The highest BCUT2D eigenvalue weighted by atomic mass is 32.2. The Morgan fingerprint density at radius 2 is 2.26 bits per heavy atom. The molecule has 1 aromatic heterocycles. The Morgan fingerprint density at radius 3 is 2.83 bits per heavy atom. The Morgan fingerprint density at radius 1 is 1.52 bits per heavy atom. The first-order valence-corrected chi connectivity index (χ1v) is 8.60.